The van der Waals surface area contributed by atoms with Gasteiger partial charge >= 0.3 is 0 Å². The van der Waals surface area contributed by atoms with Crippen LogP contribution in [0.25, 0.3) is 53.9 Å². The zero-order valence-corrected chi connectivity index (χ0v) is 38.2. The molecule has 0 saturated carbocycles. The lowest BCUT2D eigenvalue weighted by Crippen LogP contribution is -2.58. The Morgan fingerprint density at radius 2 is 0.866 bits per heavy atom. The highest BCUT2D eigenvalue weighted by Gasteiger charge is 2.47. The lowest BCUT2D eigenvalue weighted by Gasteiger charge is -2.37. The lowest BCUT2D eigenvalue weighted by atomic mass is 9.83. The number of imide groups is 2. The van der Waals surface area contributed by atoms with E-state index in [1.807, 2.05) is 60.7 Å². The fraction of sp³-hybridized carbons (Fsp3) is 0.207. The second kappa shape index (κ2) is 14.4. The third-order valence-corrected chi connectivity index (χ3v) is 14.0. The van der Waals surface area contributed by atoms with Crippen LogP contribution in [0.5, 0.6) is 23.0 Å². The molecule has 0 unspecified atom stereocenters. The number of anilines is 1. The molecule has 1 saturated heterocycles. The van der Waals surface area contributed by atoms with Crippen molar-refractivity contribution in [1.82, 2.24) is 10.0 Å². The van der Waals surface area contributed by atoms with Gasteiger partial charge in [0.05, 0.1) is 22.3 Å². The van der Waals surface area contributed by atoms with Crippen LogP contribution in [-0.2, 0) is 10.8 Å². The molecule has 3 aliphatic rings. The molecular weight excluding hydrogens is 835 g/mol. The molecule has 0 N–H and O–H groups in total. The monoisotopic (exact) mass is 881 g/mol. The van der Waals surface area contributed by atoms with Crippen LogP contribution in [0.3, 0.4) is 0 Å². The van der Waals surface area contributed by atoms with Crippen molar-refractivity contribution >= 4 is 83.2 Å². The zero-order valence-electron chi connectivity index (χ0n) is 38.2. The molecule has 3 heterocycles. The molecule has 9 heteroatoms. The number of carbonyl (C=O) groups is 4. The van der Waals surface area contributed by atoms with Crippen LogP contribution in [-0.4, -0.2) is 46.7 Å². The number of benzene rings is 9. The molecule has 3 aliphatic heterocycles. The van der Waals surface area contributed by atoms with Gasteiger partial charge in [-0.3, -0.25) is 19.2 Å². The Balaban J connectivity index is 1.16. The van der Waals surface area contributed by atoms with E-state index in [1.54, 1.807) is 36.4 Å². The van der Waals surface area contributed by atoms with E-state index in [4.69, 9.17) is 9.47 Å². The van der Waals surface area contributed by atoms with Gasteiger partial charge in [-0.1, -0.05) is 114 Å². The van der Waals surface area contributed by atoms with Crippen molar-refractivity contribution in [2.24, 2.45) is 0 Å². The Morgan fingerprint density at radius 1 is 0.418 bits per heavy atom. The van der Waals surface area contributed by atoms with E-state index in [9.17, 15) is 9.59 Å². The summed E-state index contributed by atoms with van der Waals surface area (Å²) in [6.07, 6.45) is 2.23. The van der Waals surface area contributed by atoms with Crippen LogP contribution < -0.4 is 14.4 Å². The maximum Gasteiger partial charge on any atom is 0.281 e. The first-order valence-electron chi connectivity index (χ1n) is 23.0. The molecule has 0 aromatic heterocycles. The number of rotatable bonds is 6. The van der Waals surface area contributed by atoms with Crippen LogP contribution in [0.15, 0.2) is 127 Å². The van der Waals surface area contributed by atoms with Gasteiger partial charge in [-0.2, -0.15) is 10.0 Å². The van der Waals surface area contributed by atoms with E-state index in [1.165, 1.54) is 0 Å². The van der Waals surface area contributed by atoms with Crippen LogP contribution >= 0.6 is 0 Å². The molecular formula is C58H47N3O6. The minimum Gasteiger partial charge on any atom is -0.457 e. The number of fused-ring (bicyclic) bond motifs is 2. The molecule has 9 nitrogen and oxygen atoms in total. The van der Waals surface area contributed by atoms with Gasteiger partial charge in [-0.15, -0.1) is 0 Å². The predicted octanol–water partition coefficient (Wildman–Crippen LogP) is 13.5. The van der Waals surface area contributed by atoms with Crippen LogP contribution in [0.2, 0.25) is 0 Å². The minimum atomic E-state index is -0.823. The molecule has 4 amide bonds. The van der Waals surface area contributed by atoms with Crippen molar-refractivity contribution in [3.05, 3.63) is 161 Å². The predicted molar refractivity (Wildman–Crippen MR) is 264 cm³/mol. The quantitative estimate of drug-likeness (QED) is 0.0932. The Labute approximate surface area is 387 Å². The first-order valence-corrected chi connectivity index (χ1v) is 23.0. The average molecular weight is 882 g/mol. The van der Waals surface area contributed by atoms with Crippen molar-refractivity contribution < 1.29 is 28.7 Å². The van der Waals surface area contributed by atoms with E-state index >= 15 is 9.59 Å². The third-order valence-electron chi connectivity index (χ3n) is 14.0. The third kappa shape index (κ3) is 6.06. The summed E-state index contributed by atoms with van der Waals surface area (Å²) < 4.78 is 14.0. The summed E-state index contributed by atoms with van der Waals surface area (Å²) in [4.78, 5) is 62.5. The molecule has 0 radical (unpaired) electrons. The van der Waals surface area contributed by atoms with Crippen molar-refractivity contribution in [3.8, 4) is 23.0 Å². The van der Waals surface area contributed by atoms with Gasteiger partial charge in [0.15, 0.2) is 0 Å². The van der Waals surface area contributed by atoms with Crippen molar-refractivity contribution in [2.75, 3.05) is 18.0 Å². The van der Waals surface area contributed by atoms with Crippen LogP contribution in [0.1, 0.15) is 107 Å². The standard InChI is InChI=1S/C58H47N3O6/c1-57(2,3)33-18-22-35(23-19-33)66-45-30-42-49-43(56(65)61(55(42)64)60-53(62)40-16-9-12-32-13-10-17-41(47(32)40)54(60)63)31-46(67-36-24-20-34(21-25-36)58(4,5)6)51-39-26-27-44(59-28-7-8-29-59)37-14-11-15-38(48(37)39)50(45)52(49)51/h9-27,30-31H,7-8,28-29H2,1-6H3. The molecule has 0 atom stereocenters. The number of carbonyl (C=O) groups excluding carboxylic acids is 4. The van der Waals surface area contributed by atoms with Gasteiger partial charge in [-0.05, 0) is 111 Å². The SMILES string of the molecule is CC(C)(C)c1ccc(Oc2cc3c4c(cc(Oc5ccc(C(C)(C)C)cc5)c5c6ccc(N7CCCC7)c7cccc(c2c45)c76)C(=O)N(N2C(=O)c4cccc5cccc(c45)C2=O)C3=O)cc1. The van der Waals surface area contributed by atoms with Gasteiger partial charge in [-0.25, -0.2) is 0 Å². The van der Waals surface area contributed by atoms with Crippen LogP contribution in [0, 0.1) is 0 Å². The highest BCUT2D eigenvalue weighted by atomic mass is 16.5. The fourth-order valence-electron chi connectivity index (χ4n) is 10.7. The average Bonchev–Trinajstić information content (AvgIpc) is 3.85. The first-order chi connectivity index (χ1) is 32.2. The Kier molecular flexibility index (Phi) is 8.72. The first kappa shape index (κ1) is 40.7. The summed E-state index contributed by atoms with van der Waals surface area (Å²) in [5.41, 5.74) is 3.85. The molecule has 1 fully saturated rings. The second-order valence-corrected chi connectivity index (χ2v) is 20.2. The summed E-state index contributed by atoms with van der Waals surface area (Å²) >= 11 is 0. The summed E-state index contributed by atoms with van der Waals surface area (Å²) in [5.74, 6) is -1.33. The smallest absolute Gasteiger partial charge is 0.281 e. The van der Waals surface area contributed by atoms with E-state index in [0.717, 1.165) is 64.3 Å². The summed E-state index contributed by atoms with van der Waals surface area (Å²) in [6.45, 7) is 14.8. The number of hydrogen-bond acceptors (Lipinski definition) is 7. The van der Waals surface area contributed by atoms with Gasteiger partial charge in [0.1, 0.15) is 23.0 Å². The van der Waals surface area contributed by atoms with Gasteiger partial charge < -0.3 is 14.4 Å². The van der Waals surface area contributed by atoms with Crippen molar-refractivity contribution in [2.45, 2.75) is 65.2 Å². The van der Waals surface area contributed by atoms with E-state index in [-0.39, 0.29) is 33.1 Å². The van der Waals surface area contributed by atoms with E-state index in [0.29, 0.717) is 65.3 Å². The molecule has 330 valence electrons. The maximum absolute atomic E-state index is 15.4. The maximum atomic E-state index is 15.4. The number of hydrazine groups is 1. The number of ether oxygens (including phenoxy) is 2. The van der Waals surface area contributed by atoms with Gasteiger partial charge in [0.25, 0.3) is 23.6 Å². The summed E-state index contributed by atoms with van der Waals surface area (Å²) in [6, 6.07) is 40.2. The lowest BCUT2D eigenvalue weighted by molar-refractivity contribution is 0.00211. The number of hydrogen-bond donors (Lipinski definition) is 0. The fourth-order valence-corrected chi connectivity index (χ4v) is 10.7. The second-order valence-electron chi connectivity index (χ2n) is 20.2. The van der Waals surface area contributed by atoms with E-state index in [2.05, 4.69) is 76.8 Å². The Morgan fingerprint density at radius 3 is 1.36 bits per heavy atom. The zero-order chi connectivity index (χ0) is 46.3. The molecule has 67 heavy (non-hydrogen) atoms. The minimum absolute atomic E-state index is 0.101. The summed E-state index contributed by atoms with van der Waals surface area (Å²) in [5, 5.41) is 8.89. The highest BCUT2D eigenvalue weighted by Crippen LogP contribution is 2.53. The molecule has 9 aromatic carbocycles. The number of nitrogens with zero attached hydrogens (tertiary/aromatic N) is 3. The number of amides is 4. The van der Waals surface area contributed by atoms with Gasteiger partial charge in [0, 0.05) is 51.1 Å². The Bertz CT molecular complexity index is 3450. The summed E-state index contributed by atoms with van der Waals surface area (Å²) in [7, 11) is 0. The normalized spacial score (nSPS) is 15.4. The molecule has 0 spiro atoms. The Hall–Kier alpha value is -7.78. The highest BCUT2D eigenvalue weighted by molar-refractivity contribution is 6.41. The van der Waals surface area contributed by atoms with Crippen LogP contribution in [0.4, 0.5) is 5.69 Å². The molecule has 0 aliphatic carbocycles. The van der Waals surface area contributed by atoms with Crippen molar-refractivity contribution in [1.29, 1.82) is 0 Å². The van der Waals surface area contributed by atoms with E-state index < -0.39 is 23.6 Å². The van der Waals surface area contributed by atoms with Crippen molar-refractivity contribution in [3.63, 3.8) is 0 Å². The van der Waals surface area contributed by atoms with Gasteiger partial charge in [0.2, 0.25) is 0 Å². The molecule has 12 rings (SSSR count). The molecule has 9 aromatic rings. The topological polar surface area (TPSA) is 96.5 Å². The molecule has 0 bridgehead atoms. The largest absolute Gasteiger partial charge is 0.457 e.